The van der Waals surface area contributed by atoms with Crippen LogP contribution in [0.3, 0.4) is 0 Å². The number of amides is 1. The molecule has 1 N–H and O–H groups in total. The van der Waals surface area contributed by atoms with Crippen molar-refractivity contribution in [2.45, 2.75) is 26.3 Å². The number of aromatic nitrogens is 1. The molecular formula is C21H28N4O2. The Hall–Kier alpha value is -2.76. The number of pyridine rings is 1. The molecule has 0 aliphatic carbocycles. The Morgan fingerprint density at radius 1 is 1.04 bits per heavy atom. The zero-order valence-corrected chi connectivity index (χ0v) is 16.5. The summed E-state index contributed by atoms with van der Waals surface area (Å²) in [6.07, 6.45) is 1.66. The number of piperazine rings is 1. The number of ether oxygens (including phenoxy) is 1. The lowest BCUT2D eigenvalue weighted by molar-refractivity contribution is 0.0746. The quantitative estimate of drug-likeness (QED) is 0.898. The van der Waals surface area contributed by atoms with E-state index in [1.54, 1.807) is 13.3 Å². The average Bonchev–Trinajstić information content (AvgIpc) is 2.67. The van der Waals surface area contributed by atoms with Gasteiger partial charge in [0.15, 0.2) is 0 Å². The van der Waals surface area contributed by atoms with Crippen LogP contribution in [0.5, 0.6) is 5.75 Å². The van der Waals surface area contributed by atoms with E-state index in [0.29, 0.717) is 18.7 Å². The van der Waals surface area contributed by atoms with Gasteiger partial charge in [0.2, 0.25) is 0 Å². The highest BCUT2D eigenvalue weighted by Gasteiger charge is 2.22. The van der Waals surface area contributed by atoms with E-state index >= 15 is 0 Å². The third-order valence-electron chi connectivity index (χ3n) is 4.52. The van der Waals surface area contributed by atoms with Crippen molar-refractivity contribution in [2.24, 2.45) is 0 Å². The zero-order valence-electron chi connectivity index (χ0n) is 16.5. The highest BCUT2D eigenvalue weighted by molar-refractivity contribution is 5.94. The van der Waals surface area contributed by atoms with Gasteiger partial charge in [-0.15, -0.1) is 0 Å². The molecule has 0 saturated carbocycles. The molecule has 6 heteroatoms. The van der Waals surface area contributed by atoms with Crippen LogP contribution in [-0.4, -0.2) is 54.6 Å². The van der Waals surface area contributed by atoms with Crippen LogP contribution in [0, 0.1) is 0 Å². The second-order valence-corrected chi connectivity index (χ2v) is 7.78. The first-order valence-corrected chi connectivity index (χ1v) is 9.28. The van der Waals surface area contributed by atoms with Gasteiger partial charge in [0.1, 0.15) is 11.6 Å². The van der Waals surface area contributed by atoms with Gasteiger partial charge in [-0.05, 0) is 57.2 Å². The predicted molar refractivity (Wildman–Crippen MR) is 109 cm³/mol. The van der Waals surface area contributed by atoms with Gasteiger partial charge in [0, 0.05) is 43.6 Å². The minimum atomic E-state index is -0.0592. The van der Waals surface area contributed by atoms with Gasteiger partial charge in [0.05, 0.1) is 12.7 Å². The Kier molecular flexibility index (Phi) is 5.54. The van der Waals surface area contributed by atoms with Crippen LogP contribution < -0.4 is 15.0 Å². The molecule has 1 aromatic carbocycles. The average molecular weight is 368 g/mol. The molecule has 6 nitrogen and oxygen atoms in total. The molecular weight excluding hydrogens is 340 g/mol. The van der Waals surface area contributed by atoms with Crippen molar-refractivity contribution >= 4 is 17.4 Å². The van der Waals surface area contributed by atoms with Crippen molar-refractivity contribution in [2.75, 3.05) is 43.5 Å². The summed E-state index contributed by atoms with van der Waals surface area (Å²) in [6, 6.07) is 11.8. The Bertz CT molecular complexity index is 758. The number of hydrogen-bond acceptors (Lipinski definition) is 5. The lowest BCUT2D eigenvalue weighted by Crippen LogP contribution is -2.48. The van der Waals surface area contributed by atoms with Gasteiger partial charge >= 0.3 is 0 Å². The van der Waals surface area contributed by atoms with Crippen molar-refractivity contribution in [3.05, 3.63) is 48.2 Å². The fourth-order valence-electron chi connectivity index (χ4n) is 3.12. The molecule has 0 radical (unpaired) electrons. The van der Waals surface area contributed by atoms with Crippen LogP contribution in [-0.2, 0) is 0 Å². The number of rotatable bonds is 4. The van der Waals surface area contributed by atoms with E-state index in [4.69, 9.17) is 4.74 Å². The summed E-state index contributed by atoms with van der Waals surface area (Å²) in [7, 11) is 1.67. The second kappa shape index (κ2) is 7.86. The number of carbonyl (C=O) groups excluding carboxylic acids is 1. The lowest BCUT2D eigenvalue weighted by atomic mass is 10.1. The fourth-order valence-corrected chi connectivity index (χ4v) is 3.12. The molecule has 0 atom stereocenters. The Balaban J connectivity index is 1.57. The van der Waals surface area contributed by atoms with Crippen molar-refractivity contribution in [1.29, 1.82) is 0 Å². The number of methoxy groups -OCH3 is 1. The highest BCUT2D eigenvalue weighted by Crippen LogP contribution is 2.21. The number of carbonyl (C=O) groups is 1. The number of hydrogen-bond donors (Lipinski definition) is 1. The molecule has 27 heavy (non-hydrogen) atoms. The fraction of sp³-hybridized carbons (Fsp3) is 0.429. The van der Waals surface area contributed by atoms with Crippen molar-refractivity contribution < 1.29 is 9.53 Å². The van der Waals surface area contributed by atoms with Crippen molar-refractivity contribution in [3.8, 4) is 5.75 Å². The Labute approximate surface area is 161 Å². The maximum Gasteiger partial charge on any atom is 0.255 e. The number of benzene rings is 1. The summed E-state index contributed by atoms with van der Waals surface area (Å²) in [5.74, 6) is 1.67. The normalized spacial score (nSPS) is 14.8. The second-order valence-electron chi connectivity index (χ2n) is 7.78. The van der Waals surface area contributed by atoms with E-state index in [2.05, 4.69) is 48.1 Å². The monoisotopic (exact) mass is 368 g/mol. The van der Waals surface area contributed by atoms with Crippen molar-refractivity contribution in [3.63, 3.8) is 0 Å². The topological polar surface area (TPSA) is 57.7 Å². The summed E-state index contributed by atoms with van der Waals surface area (Å²) in [5.41, 5.74) is 1.73. The standard InChI is InChI=1S/C21H28N4O2/c1-21(2,3)23-19-10-5-16(15-22-19)20(26)25-13-11-24(12-14-25)17-6-8-18(27-4)9-7-17/h5-10,15H,11-14H2,1-4H3,(H,22,23). The number of anilines is 2. The molecule has 0 spiro atoms. The minimum Gasteiger partial charge on any atom is -0.497 e. The first-order chi connectivity index (χ1) is 12.9. The molecule has 1 amide bonds. The molecule has 2 aromatic rings. The molecule has 1 aliphatic rings. The van der Waals surface area contributed by atoms with Crippen LogP contribution in [0.4, 0.5) is 11.5 Å². The minimum absolute atomic E-state index is 0.0409. The van der Waals surface area contributed by atoms with E-state index in [1.807, 2.05) is 29.2 Å². The summed E-state index contributed by atoms with van der Waals surface area (Å²) in [4.78, 5) is 21.3. The smallest absolute Gasteiger partial charge is 0.255 e. The maximum atomic E-state index is 12.8. The van der Waals surface area contributed by atoms with Gasteiger partial charge in [-0.3, -0.25) is 4.79 Å². The first-order valence-electron chi connectivity index (χ1n) is 9.28. The summed E-state index contributed by atoms with van der Waals surface area (Å²) >= 11 is 0. The van der Waals surface area contributed by atoms with E-state index in [1.165, 1.54) is 0 Å². The summed E-state index contributed by atoms with van der Waals surface area (Å²) in [6.45, 7) is 9.27. The van der Waals surface area contributed by atoms with E-state index in [-0.39, 0.29) is 11.4 Å². The third-order valence-corrected chi connectivity index (χ3v) is 4.52. The Morgan fingerprint density at radius 3 is 2.22 bits per heavy atom. The zero-order chi connectivity index (χ0) is 19.4. The van der Waals surface area contributed by atoms with E-state index in [0.717, 1.165) is 30.3 Å². The number of nitrogens with one attached hydrogen (secondary N) is 1. The SMILES string of the molecule is COc1ccc(N2CCN(C(=O)c3ccc(NC(C)(C)C)nc3)CC2)cc1. The summed E-state index contributed by atoms with van der Waals surface area (Å²) < 4.78 is 5.21. The van der Waals surface area contributed by atoms with E-state index in [9.17, 15) is 4.79 Å². The molecule has 1 saturated heterocycles. The molecule has 144 valence electrons. The summed E-state index contributed by atoms with van der Waals surface area (Å²) in [5, 5.41) is 3.31. The molecule has 2 heterocycles. The molecule has 1 fully saturated rings. The van der Waals surface area contributed by atoms with Crippen LogP contribution in [0.15, 0.2) is 42.6 Å². The van der Waals surface area contributed by atoms with Crippen LogP contribution in [0.2, 0.25) is 0 Å². The van der Waals surface area contributed by atoms with Gasteiger partial charge in [0.25, 0.3) is 5.91 Å². The van der Waals surface area contributed by atoms with Gasteiger partial charge in [-0.1, -0.05) is 0 Å². The van der Waals surface area contributed by atoms with Gasteiger partial charge < -0.3 is 19.9 Å². The molecule has 1 aliphatic heterocycles. The molecule has 0 unspecified atom stereocenters. The molecule has 1 aromatic heterocycles. The van der Waals surface area contributed by atoms with Gasteiger partial charge in [-0.2, -0.15) is 0 Å². The van der Waals surface area contributed by atoms with Crippen LogP contribution in [0.25, 0.3) is 0 Å². The molecule has 3 rings (SSSR count). The maximum absolute atomic E-state index is 12.8. The largest absolute Gasteiger partial charge is 0.497 e. The highest BCUT2D eigenvalue weighted by atomic mass is 16.5. The van der Waals surface area contributed by atoms with Gasteiger partial charge in [-0.25, -0.2) is 4.98 Å². The Morgan fingerprint density at radius 2 is 1.70 bits per heavy atom. The lowest BCUT2D eigenvalue weighted by Gasteiger charge is -2.36. The first kappa shape index (κ1) is 19.0. The van der Waals surface area contributed by atoms with Crippen molar-refractivity contribution in [1.82, 2.24) is 9.88 Å². The van der Waals surface area contributed by atoms with Crippen LogP contribution in [0.1, 0.15) is 31.1 Å². The number of nitrogens with zero attached hydrogens (tertiary/aromatic N) is 3. The van der Waals surface area contributed by atoms with Crippen LogP contribution >= 0.6 is 0 Å². The predicted octanol–water partition coefficient (Wildman–Crippen LogP) is 3.26. The third kappa shape index (κ3) is 4.90. The molecule has 0 bridgehead atoms. The van der Waals surface area contributed by atoms with E-state index < -0.39 is 0 Å².